The van der Waals surface area contributed by atoms with Crippen LogP contribution >= 0.6 is 0 Å². The fraction of sp³-hybridized carbons (Fsp3) is 0.400. The molecule has 1 aliphatic rings. The van der Waals surface area contributed by atoms with Crippen LogP contribution in [0.4, 0.5) is 5.69 Å². The van der Waals surface area contributed by atoms with Crippen LogP contribution in [0.1, 0.15) is 24.4 Å². The summed E-state index contributed by atoms with van der Waals surface area (Å²) in [6, 6.07) is 3.68. The Bertz CT molecular complexity index is 402. The van der Waals surface area contributed by atoms with Crippen molar-refractivity contribution in [3.63, 3.8) is 0 Å². The molecule has 5 nitrogen and oxygen atoms in total. The number of phenols is 1. The maximum absolute atomic E-state index is 10.6. The van der Waals surface area contributed by atoms with Gasteiger partial charge in [-0.1, -0.05) is 0 Å². The van der Waals surface area contributed by atoms with E-state index in [-0.39, 0.29) is 17.5 Å². The van der Waals surface area contributed by atoms with Crippen LogP contribution in [0.3, 0.4) is 0 Å². The molecule has 1 atom stereocenters. The van der Waals surface area contributed by atoms with E-state index in [9.17, 15) is 15.2 Å². The van der Waals surface area contributed by atoms with Gasteiger partial charge in [0, 0.05) is 23.7 Å². The molecule has 1 aromatic rings. The number of rotatable bonds is 3. The Morgan fingerprint density at radius 1 is 1.53 bits per heavy atom. The molecule has 0 radical (unpaired) electrons. The Labute approximate surface area is 86.7 Å². The first kappa shape index (κ1) is 9.92. The lowest BCUT2D eigenvalue weighted by Gasteiger charge is -2.11. The van der Waals surface area contributed by atoms with Crippen LogP contribution in [0.2, 0.25) is 0 Å². The molecule has 1 aliphatic carbocycles. The van der Waals surface area contributed by atoms with Gasteiger partial charge in [-0.3, -0.25) is 10.1 Å². The lowest BCUT2D eigenvalue weighted by Crippen LogP contribution is -2.12. The molecule has 0 unspecified atom stereocenters. The lowest BCUT2D eigenvalue weighted by molar-refractivity contribution is -0.385. The van der Waals surface area contributed by atoms with E-state index >= 15 is 0 Å². The molecule has 1 saturated carbocycles. The molecular formula is C10H12N2O3. The number of phenolic OH excluding ortho intramolecular Hbond substituents is 1. The Morgan fingerprint density at radius 2 is 2.20 bits per heavy atom. The molecule has 0 aromatic heterocycles. The normalized spacial score (nSPS) is 17.4. The summed E-state index contributed by atoms with van der Waals surface area (Å²) in [4.78, 5) is 10.1. The molecular weight excluding hydrogens is 196 g/mol. The van der Waals surface area contributed by atoms with E-state index in [0.717, 1.165) is 12.8 Å². The second-order valence-electron chi connectivity index (χ2n) is 3.86. The van der Waals surface area contributed by atoms with Gasteiger partial charge in [-0.2, -0.15) is 0 Å². The van der Waals surface area contributed by atoms with Gasteiger partial charge in [0.05, 0.1) is 4.92 Å². The highest BCUT2D eigenvalue weighted by Gasteiger charge is 2.31. The number of nitrogens with two attached hydrogens (primary N) is 1. The van der Waals surface area contributed by atoms with E-state index in [1.54, 1.807) is 0 Å². The number of nitro groups is 1. The third-order valence-electron chi connectivity index (χ3n) is 2.71. The van der Waals surface area contributed by atoms with Crippen LogP contribution < -0.4 is 5.73 Å². The monoisotopic (exact) mass is 208 g/mol. The molecule has 80 valence electrons. The van der Waals surface area contributed by atoms with Gasteiger partial charge in [0.15, 0.2) is 0 Å². The van der Waals surface area contributed by atoms with E-state index in [1.165, 1.54) is 18.2 Å². The summed E-state index contributed by atoms with van der Waals surface area (Å²) in [5.41, 5.74) is 6.34. The highest BCUT2D eigenvalue weighted by molar-refractivity contribution is 5.45. The number of hydrogen-bond acceptors (Lipinski definition) is 4. The summed E-state index contributed by atoms with van der Waals surface area (Å²) in [5.74, 6) is 0.401. The molecule has 0 heterocycles. The maximum atomic E-state index is 10.6. The first-order valence-electron chi connectivity index (χ1n) is 4.82. The third kappa shape index (κ3) is 1.92. The molecule has 5 heteroatoms. The fourth-order valence-electron chi connectivity index (χ4n) is 1.63. The molecule has 15 heavy (non-hydrogen) atoms. The minimum atomic E-state index is -0.484. The van der Waals surface area contributed by atoms with Crippen LogP contribution in [0, 0.1) is 16.0 Å². The minimum absolute atomic E-state index is 0.0288. The van der Waals surface area contributed by atoms with Crippen LogP contribution in [0.5, 0.6) is 5.75 Å². The van der Waals surface area contributed by atoms with Gasteiger partial charge in [-0.25, -0.2) is 0 Å². The Balaban J connectivity index is 2.35. The number of benzene rings is 1. The molecule has 1 aromatic carbocycles. The number of non-ortho nitro benzene ring substituents is 1. The van der Waals surface area contributed by atoms with E-state index in [0.29, 0.717) is 11.5 Å². The topological polar surface area (TPSA) is 89.4 Å². The standard InChI is InChI=1S/C10H12N2O3/c11-10(6-1-2-6)8-5-7(12(14)15)3-4-9(8)13/h3-6,10,13H,1-2,11H2/t10-/m0/s1. The number of nitrogens with zero attached hydrogens (tertiary/aromatic N) is 1. The Kier molecular flexibility index (Phi) is 2.32. The van der Waals surface area contributed by atoms with Gasteiger partial charge in [0.1, 0.15) is 5.75 Å². The first-order chi connectivity index (χ1) is 7.09. The second-order valence-corrected chi connectivity index (χ2v) is 3.86. The van der Waals surface area contributed by atoms with Crippen molar-refractivity contribution in [2.45, 2.75) is 18.9 Å². The highest BCUT2D eigenvalue weighted by atomic mass is 16.6. The first-order valence-corrected chi connectivity index (χ1v) is 4.82. The van der Waals surface area contributed by atoms with Gasteiger partial charge < -0.3 is 10.8 Å². The molecule has 1 fully saturated rings. The van der Waals surface area contributed by atoms with E-state index in [2.05, 4.69) is 0 Å². The molecule has 0 spiro atoms. The summed E-state index contributed by atoms with van der Waals surface area (Å²) in [5, 5.41) is 20.1. The van der Waals surface area contributed by atoms with Crippen molar-refractivity contribution in [2.24, 2.45) is 11.7 Å². The van der Waals surface area contributed by atoms with Crippen molar-refractivity contribution in [3.8, 4) is 5.75 Å². The van der Waals surface area contributed by atoms with Crippen LogP contribution in [-0.4, -0.2) is 10.0 Å². The largest absolute Gasteiger partial charge is 0.508 e. The zero-order valence-electron chi connectivity index (χ0n) is 8.09. The summed E-state index contributed by atoms with van der Waals surface area (Å²) < 4.78 is 0. The minimum Gasteiger partial charge on any atom is -0.508 e. The van der Waals surface area contributed by atoms with Gasteiger partial charge in [-0.05, 0) is 24.8 Å². The van der Waals surface area contributed by atoms with Crippen molar-refractivity contribution >= 4 is 5.69 Å². The van der Waals surface area contributed by atoms with E-state index in [1.807, 2.05) is 0 Å². The van der Waals surface area contributed by atoms with Crippen LogP contribution in [-0.2, 0) is 0 Å². The zero-order valence-corrected chi connectivity index (χ0v) is 8.09. The number of aromatic hydroxyl groups is 1. The smallest absolute Gasteiger partial charge is 0.270 e. The van der Waals surface area contributed by atoms with Crippen molar-refractivity contribution in [1.82, 2.24) is 0 Å². The van der Waals surface area contributed by atoms with Crippen molar-refractivity contribution in [2.75, 3.05) is 0 Å². The summed E-state index contributed by atoms with van der Waals surface area (Å²) in [7, 11) is 0. The van der Waals surface area contributed by atoms with Gasteiger partial charge in [0.25, 0.3) is 5.69 Å². The SMILES string of the molecule is N[C@H](c1cc([N+](=O)[O-])ccc1O)C1CC1. The van der Waals surface area contributed by atoms with Crippen molar-refractivity contribution in [1.29, 1.82) is 0 Å². The summed E-state index contributed by atoms with van der Waals surface area (Å²) in [6.45, 7) is 0. The van der Waals surface area contributed by atoms with E-state index < -0.39 is 4.92 Å². The molecule has 0 aliphatic heterocycles. The molecule has 0 amide bonds. The summed E-state index contributed by atoms with van der Waals surface area (Å²) >= 11 is 0. The summed E-state index contributed by atoms with van der Waals surface area (Å²) in [6.07, 6.45) is 2.06. The highest BCUT2D eigenvalue weighted by Crippen LogP contribution is 2.42. The number of nitro benzene ring substituents is 1. The Morgan fingerprint density at radius 3 is 2.73 bits per heavy atom. The Hall–Kier alpha value is -1.62. The predicted molar refractivity (Wildman–Crippen MR) is 54.4 cm³/mol. The number of hydrogen-bond donors (Lipinski definition) is 2. The van der Waals surface area contributed by atoms with Crippen molar-refractivity contribution in [3.05, 3.63) is 33.9 Å². The molecule has 3 N–H and O–H groups in total. The zero-order chi connectivity index (χ0) is 11.0. The van der Waals surface area contributed by atoms with Gasteiger partial charge in [0.2, 0.25) is 0 Å². The maximum Gasteiger partial charge on any atom is 0.270 e. The lowest BCUT2D eigenvalue weighted by atomic mass is 10.0. The average molecular weight is 208 g/mol. The van der Waals surface area contributed by atoms with Gasteiger partial charge >= 0.3 is 0 Å². The predicted octanol–water partition coefficient (Wildman–Crippen LogP) is 1.71. The van der Waals surface area contributed by atoms with E-state index in [4.69, 9.17) is 5.73 Å². The van der Waals surface area contributed by atoms with Crippen LogP contribution in [0.15, 0.2) is 18.2 Å². The van der Waals surface area contributed by atoms with Gasteiger partial charge in [-0.15, -0.1) is 0 Å². The third-order valence-corrected chi connectivity index (χ3v) is 2.71. The molecule has 0 saturated heterocycles. The second kappa shape index (κ2) is 3.51. The molecule has 2 rings (SSSR count). The molecule has 0 bridgehead atoms. The average Bonchev–Trinajstić information content (AvgIpc) is 3.00. The fourth-order valence-corrected chi connectivity index (χ4v) is 1.63. The van der Waals surface area contributed by atoms with Crippen molar-refractivity contribution < 1.29 is 10.0 Å². The van der Waals surface area contributed by atoms with Crippen LogP contribution in [0.25, 0.3) is 0 Å². The quantitative estimate of drug-likeness (QED) is 0.584.